The summed E-state index contributed by atoms with van der Waals surface area (Å²) in [5.41, 5.74) is 1.22. The Kier molecular flexibility index (Phi) is 3.86. The van der Waals surface area contributed by atoms with Crippen molar-refractivity contribution in [2.45, 2.75) is 19.5 Å². The normalized spacial score (nSPS) is 12.0. The van der Waals surface area contributed by atoms with Gasteiger partial charge < -0.3 is 5.32 Å². The Bertz CT molecular complexity index is 513. The Morgan fingerprint density at radius 2 is 2.12 bits per heavy atom. The van der Waals surface area contributed by atoms with E-state index in [4.69, 9.17) is 5.26 Å². The minimum Gasteiger partial charge on any atom is -0.305 e. The van der Waals surface area contributed by atoms with Gasteiger partial charge in [0.05, 0.1) is 0 Å². The molecule has 2 aromatic heterocycles. The number of pyridine rings is 1. The fourth-order valence-corrected chi connectivity index (χ4v) is 2.31. The summed E-state index contributed by atoms with van der Waals surface area (Å²) in [6, 6.07) is 10.3. The van der Waals surface area contributed by atoms with Crippen molar-refractivity contribution in [1.82, 2.24) is 10.3 Å². The van der Waals surface area contributed by atoms with E-state index in [0.717, 1.165) is 11.4 Å². The second-order valence-corrected chi connectivity index (χ2v) is 4.93. The third kappa shape index (κ3) is 3.13. The average molecular weight is 243 g/mol. The van der Waals surface area contributed by atoms with Crippen molar-refractivity contribution in [3.05, 3.63) is 52.0 Å². The zero-order chi connectivity index (χ0) is 12.1. The van der Waals surface area contributed by atoms with E-state index >= 15 is 0 Å². The predicted octanol–water partition coefficient (Wildman–Crippen LogP) is 2.87. The van der Waals surface area contributed by atoms with Crippen LogP contribution in [-0.2, 0) is 6.54 Å². The molecule has 0 aliphatic carbocycles. The fraction of sp³-hybridized carbons (Fsp3) is 0.231. The third-order valence-corrected chi connectivity index (χ3v) is 3.55. The van der Waals surface area contributed by atoms with Gasteiger partial charge in [-0.15, -0.1) is 11.3 Å². The first kappa shape index (κ1) is 11.8. The molecule has 0 bridgehead atoms. The summed E-state index contributed by atoms with van der Waals surface area (Å²) < 4.78 is 0. The number of nitrogens with zero attached hydrogens (tertiary/aromatic N) is 2. The van der Waals surface area contributed by atoms with Crippen LogP contribution in [0.3, 0.4) is 0 Å². The van der Waals surface area contributed by atoms with Gasteiger partial charge in [-0.25, -0.2) is 0 Å². The van der Waals surface area contributed by atoms with Crippen molar-refractivity contribution in [3.63, 3.8) is 0 Å². The molecule has 0 fully saturated rings. The van der Waals surface area contributed by atoms with Gasteiger partial charge in [0.2, 0.25) is 0 Å². The molecule has 0 saturated carbocycles. The highest BCUT2D eigenvalue weighted by molar-refractivity contribution is 7.12. The summed E-state index contributed by atoms with van der Waals surface area (Å²) in [4.78, 5) is 5.94. The molecular formula is C13H13N3S. The molecule has 4 heteroatoms. The van der Waals surface area contributed by atoms with Crippen LogP contribution in [0.25, 0.3) is 0 Å². The molecule has 0 amide bonds. The number of hydrogen-bond acceptors (Lipinski definition) is 4. The van der Waals surface area contributed by atoms with Crippen LogP contribution in [0.2, 0.25) is 0 Å². The lowest BCUT2D eigenvalue weighted by Crippen LogP contribution is -2.17. The number of thiophene rings is 1. The van der Waals surface area contributed by atoms with Crippen LogP contribution in [0.1, 0.15) is 28.3 Å². The molecule has 0 radical (unpaired) electrons. The van der Waals surface area contributed by atoms with E-state index in [1.165, 1.54) is 21.8 Å². The van der Waals surface area contributed by atoms with Gasteiger partial charge >= 0.3 is 0 Å². The highest BCUT2D eigenvalue weighted by Crippen LogP contribution is 2.17. The van der Waals surface area contributed by atoms with E-state index in [-0.39, 0.29) is 6.04 Å². The van der Waals surface area contributed by atoms with Crippen LogP contribution in [0, 0.1) is 11.3 Å². The maximum atomic E-state index is 8.74. The zero-order valence-corrected chi connectivity index (χ0v) is 10.4. The molecule has 0 aromatic carbocycles. The third-order valence-electron chi connectivity index (χ3n) is 2.56. The lowest BCUT2D eigenvalue weighted by molar-refractivity contribution is 0.578. The summed E-state index contributed by atoms with van der Waals surface area (Å²) in [5, 5.41) is 12.2. The van der Waals surface area contributed by atoms with Crippen LogP contribution >= 0.6 is 11.3 Å². The van der Waals surface area contributed by atoms with Gasteiger partial charge in [-0.2, -0.15) is 5.26 Å². The summed E-state index contributed by atoms with van der Waals surface area (Å²) in [7, 11) is 0. The minimum absolute atomic E-state index is 0.283. The Hall–Kier alpha value is -1.70. The van der Waals surface area contributed by atoms with E-state index in [1.54, 1.807) is 12.4 Å². The molecule has 0 aliphatic heterocycles. The molecule has 2 rings (SSSR count). The molecule has 2 heterocycles. The van der Waals surface area contributed by atoms with Crippen molar-refractivity contribution in [3.8, 4) is 6.07 Å². The van der Waals surface area contributed by atoms with Crippen molar-refractivity contribution in [2.75, 3.05) is 0 Å². The van der Waals surface area contributed by atoms with Crippen LogP contribution in [0.15, 0.2) is 36.7 Å². The molecule has 0 spiro atoms. The maximum Gasteiger partial charge on any atom is 0.110 e. The predicted molar refractivity (Wildman–Crippen MR) is 68.5 cm³/mol. The van der Waals surface area contributed by atoms with E-state index in [2.05, 4.69) is 23.3 Å². The Balaban J connectivity index is 1.92. The van der Waals surface area contributed by atoms with Gasteiger partial charge in [-0.3, -0.25) is 4.98 Å². The van der Waals surface area contributed by atoms with Gasteiger partial charge in [-0.1, -0.05) is 0 Å². The van der Waals surface area contributed by atoms with Gasteiger partial charge in [0.1, 0.15) is 10.9 Å². The van der Waals surface area contributed by atoms with Gasteiger partial charge in [0.25, 0.3) is 0 Å². The Morgan fingerprint density at radius 1 is 1.35 bits per heavy atom. The van der Waals surface area contributed by atoms with E-state index in [0.29, 0.717) is 0 Å². The largest absolute Gasteiger partial charge is 0.305 e. The van der Waals surface area contributed by atoms with Crippen molar-refractivity contribution in [1.29, 1.82) is 5.26 Å². The Labute approximate surface area is 105 Å². The summed E-state index contributed by atoms with van der Waals surface area (Å²) in [5.74, 6) is 0. The summed E-state index contributed by atoms with van der Waals surface area (Å²) in [6.07, 6.45) is 3.60. The van der Waals surface area contributed by atoms with Crippen LogP contribution in [-0.4, -0.2) is 4.98 Å². The number of hydrogen-bond donors (Lipinski definition) is 1. The lowest BCUT2D eigenvalue weighted by Gasteiger charge is -2.12. The highest BCUT2D eigenvalue weighted by atomic mass is 32.1. The molecule has 2 aromatic rings. The SMILES string of the molecule is C[C@H](NCc1ccc(C#N)s1)c1ccncc1. The molecule has 1 atom stereocenters. The maximum absolute atomic E-state index is 8.74. The molecule has 86 valence electrons. The molecule has 0 saturated heterocycles. The number of rotatable bonds is 4. The first-order valence-electron chi connectivity index (χ1n) is 5.41. The van der Waals surface area contributed by atoms with Crippen LogP contribution < -0.4 is 5.32 Å². The molecule has 0 aliphatic rings. The van der Waals surface area contributed by atoms with E-state index in [1.807, 2.05) is 24.3 Å². The molecule has 17 heavy (non-hydrogen) atoms. The van der Waals surface area contributed by atoms with E-state index < -0.39 is 0 Å². The lowest BCUT2D eigenvalue weighted by atomic mass is 10.1. The van der Waals surface area contributed by atoms with E-state index in [9.17, 15) is 0 Å². The zero-order valence-electron chi connectivity index (χ0n) is 9.55. The first-order valence-corrected chi connectivity index (χ1v) is 6.23. The summed E-state index contributed by atoms with van der Waals surface area (Å²) >= 11 is 1.53. The van der Waals surface area contributed by atoms with Gasteiger partial charge in [0.15, 0.2) is 0 Å². The van der Waals surface area contributed by atoms with Gasteiger partial charge in [0, 0.05) is 29.9 Å². The van der Waals surface area contributed by atoms with Crippen LogP contribution in [0.4, 0.5) is 0 Å². The number of aromatic nitrogens is 1. The standard InChI is InChI=1S/C13H13N3S/c1-10(11-4-6-15-7-5-11)16-9-13-3-2-12(8-14)17-13/h2-7,10,16H,9H2,1H3/t10-/m0/s1. The van der Waals surface area contributed by atoms with Crippen molar-refractivity contribution >= 4 is 11.3 Å². The average Bonchev–Trinajstić information content (AvgIpc) is 2.85. The first-order chi connectivity index (χ1) is 8.29. The van der Waals surface area contributed by atoms with Crippen molar-refractivity contribution < 1.29 is 0 Å². The second kappa shape index (κ2) is 5.58. The molecule has 1 N–H and O–H groups in total. The minimum atomic E-state index is 0.283. The van der Waals surface area contributed by atoms with Crippen LogP contribution in [0.5, 0.6) is 0 Å². The smallest absolute Gasteiger partial charge is 0.110 e. The topological polar surface area (TPSA) is 48.7 Å². The monoisotopic (exact) mass is 243 g/mol. The molecule has 3 nitrogen and oxygen atoms in total. The Morgan fingerprint density at radius 3 is 2.76 bits per heavy atom. The highest BCUT2D eigenvalue weighted by Gasteiger charge is 2.05. The van der Waals surface area contributed by atoms with Gasteiger partial charge in [-0.05, 0) is 36.8 Å². The van der Waals surface area contributed by atoms with Crippen molar-refractivity contribution in [2.24, 2.45) is 0 Å². The quantitative estimate of drug-likeness (QED) is 0.898. The second-order valence-electron chi connectivity index (χ2n) is 3.76. The number of nitriles is 1. The fourth-order valence-electron chi connectivity index (χ4n) is 1.56. The number of nitrogens with one attached hydrogen (secondary N) is 1. The molecular weight excluding hydrogens is 230 g/mol. The summed E-state index contributed by atoms with van der Waals surface area (Å²) in [6.45, 7) is 2.91. The molecule has 0 unspecified atom stereocenters.